The number of nitrogens with zero attached hydrogens (tertiary/aromatic N) is 2. The molecule has 5 nitrogen and oxygen atoms in total. The Morgan fingerprint density at radius 1 is 1.52 bits per heavy atom. The van der Waals surface area contributed by atoms with Gasteiger partial charge in [-0.3, -0.25) is 0 Å². The highest BCUT2D eigenvalue weighted by Crippen LogP contribution is 2.34. The number of urea groups is 1. The summed E-state index contributed by atoms with van der Waals surface area (Å²) in [5.74, 6) is 0.372. The number of hydrogen-bond donors (Lipinski definition) is 1. The minimum atomic E-state index is -0.0677. The molecule has 0 aliphatic carbocycles. The molecule has 1 aromatic rings. The quantitative estimate of drug-likeness (QED) is 0.913. The van der Waals surface area contributed by atoms with Gasteiger partial charge < -0.3 is 19.5 Å². The van der Waals surface area contributed by atoms with Crippen LogP contribution in [0.5, 0.6) is 0 Å². The van der Waals surface area contributed by atoms with Gasteiger partial charge in [0.1, 0.15) is 0 Å². The number of hydrogen-bond acceptors (Lipinski definition) is 2. The maximum atomic E-state index is 12.3. The van der Waals surface area contributed by atoms with Crippen LogP contribution in [-0.4, -0.2) is 41.8 Å². The zero-order chi connectivity index (χ0) is 17.2. The van der Waals surface area contributed by atoms with E-state index in [0.29, 0.717) is 24.0 Å². The number of carbonyl (C=O) groups excluding carboxylic acids is 1. The number of amides is 2. The van der Waals surface area contributed by atoms with Crippen LogP contribution in [0.25, 0.3) is 0 Å². The van der Waals surface area contributed by atoms with Gasteiger partial charge in [0.05, 0.1) is 17.7 Å². The fourth-order valence-corrected chi connectivity index (χ4v) is 3.46. The standard InChI is InChI=1S/C17H28ClN3O2/c1-17(2,3)15-12(6-7-23-15)9-19-16(22)21(5)11-14-8-13(18)10-20(14)4/h8,10,12,15H,6-7,9,11H2,1-5H3,(H,19,22)/t12-,15-/m1/s1. The molecule has 0 unspecified atom stereocenters. The second-order valence-corrected chi connectivity index (χ2v) is 7.95. The number of aryl methyl sites for hydroxylation is 1. The van der Waals surface area contributed by atoms with Gasteiger partial charge in [-0.1, -0.05) is 32.4 Å². The van der Waals surface area contributed by atoms with E-state index in [1.807, 2.05) is 23.9 Å². The molecule has 2 rings (SSSR count). The Labute approximate surface area is 143 Å². The SMILES string of the molecule is CN(Cc1cc(Cl)cn1C)C(=O)NC[C@H]1CCO[C@H]1C(C)(C)C. The van der Waals surface area contributed by atoms with E-state index in [1.54, 1.807) is 11.9 Å². The molecule has 0 saturated carbocycles. The van der Waals surface area contributed by atoms with E-state index in [1.165, 1.54) is 0 Å². The maximum absolute atomic E-state index is 12.3. The average molecular weight is 342 g/mol. The van der Waals surface area contributed by atoms with Gasteiger partial charge in [-0.25, -0.2) is 4.79 Å². The number of nitrogens with one attached hydrogen (secondary N) is 1. The van der Waals surface area contributed by atoms with Crippen molar-refractivity contribution in [1.29, 1.82) is 0 Å². The van der Waals surface area contributed by atoms with Gasteiger partial charge in [-0.05, 0) is 17.9 Å². The molecule has 2 amide bonds. The van der Waals surface area contributed by atoms with Gasteiger partial charge in [0, 0.05) is 45.1 Å². The van der Waals surface area contributed by atoms with Crippen LogP contribution in [0, 0.1) is 11.3 Å². The zero-order valence-corrected chi connectivity index (χ0v) is 15.5. The lowest BCUT2D eigenvalue weighted by molar-refractivity contribution is 0.00757. The van der Waals surface area contributed by atoms with Crippen LogP contribution in [-0.2, 0) is 18.3 Å². The van der Waals surface area contributed by atoms with Crippen LogP contribution in [0.4, 0.5) is 4.79 Å². The van der Waals surface area contributed by atoms with Gasteiger partial charge in [-0.15, -0.1) is 0 Å². The van der Waals surface area contributed by atoms with Crippen molar-refractivity contribution in [3.8, 4) is 0 Å². The molecule has 2 atom stereocenters. The predicted molar refractivity (Wildman–Crippen MR) is 92.6 cm³/mol. The highest BCUT2D eigenvalue weighted by Gasteiger charge is 2.37. The Bertz CT molecular complexity index is 551. The summed E-state index contributed by atoms with van der Waals surface area (Å²) in [5.41, 5.74) is 1.10. The third-order valence-corrected chi connectivity index (χ3v) is 4.61. The fraction of sp³-hybridized carbons (Fsp3) is 0.706. The van der Waals surface area contributed by atoms with E-state index in [2.05, 4.69) is 26.1 Å². The van der Waals surface area contributed by atoms with E-state index in [-0.39, 0.29) is 17.6 Å². The molecule has 1 aliphatic heterocycles. The highest BCUT2D eigenvalue weighted by atomic mass is 35.5. The molecule has 1 N–H and O–H groups in total. The van der Waals surface area contributed by atoms with Crippen LogP contribution in [0.15, 0.2) is 12.3 Å². The monoisotopic (exact) mass is 341 g/mol. The van der Waals surface area contributed by atoms with Crippen molar-refractivity contribution in [1.82, 2.24) is 14.8 Å². The Balaban J connectivity index is 1.85. The maximum Gasteiger partial charge on any atom is 0.317 e. The second-order valence-electron chi connectivity index (χ2n) is 7.51. The average Bonchev–Trinajstić information content (AvgIpc) is 3.02. The van der Waals surface area contributed by atoms with Crippen LogP contribution in [0.2, 0.25) is 5.02 Å². The molecule has 0 spiro atoms. The summed E-state index contributed by atoms with van der Waals surface area (Å²) in [7, 11) is 3.72. The largest absolute Gasteiger partial charge is 0.377 e. The molecule has 2 heterocycles. The van der Waals surface area contributed by atoms with Crippen molar-refractivity contribution in [2.24, 2.45) is 18.4 Å². The summed E-state index contributed by atoms with van der Waals surface area (Å²) < 4.78 is 7.79. The number of halogens is 1. The second kappa shape index (κ2) is 7.14. The van der Waals surface area contributed by atoms with E-state index in [9.17, 15) is 4.79 Å². The minimum absolute atomic E-state index is 0.0677. The van der Waals surface area contributed by atoms with Crippen molar-refractivity contribution < 1.29 is 9.53 Å². The van der Waals surface area contributed by atoms with E-state index in [0.717, 1.165) is 18.7 Å². The molecule has 1 aliphatic rings. The smallest absolute Gasteiger partial charge is 0.317 e. The zero-order valence-electron chi connectivity index (χ0n) is 14.7. The summed E-state index contributed by atoms with van der Waals surface area (Å²) in [6.07, 6.45) is 3.03. The van der Waals surface area contributed by atoms with Gasteiger partial charge in [0.2, 0.25) is 0 Å². The summed E-state index contributed by atoms with van der Waals surface area (Å²) in [4.78, 5) is 14.0. The summed E-state index contributed by atoms with van der Waals surface area (Å²) in [6, 6.07) is 1.81. The molecule has 130 valence electrons. The van der Waals surface area contributed by atoms with Gasteiger partial charge in [-0.2, -0.15) is 0 Å². The molecule has 1 saturated heterocycles. The van der Waals surface area contributed by atoms with Crippen molar-refractivity contribution >= 4 is 17.6 Å². The van der Waals surface area contributed by atoms with Crippen LogP contribution < -0.4 is 5.32 Å². The fourth-order valence-electron chi connectivity index (χ4n) is 3.19. The summed E-state index contributed by atoms with van der Waals surface area (Å²) in [6.45, 7) is 8.51. The van der Waals surface area contributed by atoms with Gasteiger partial charge >= 0.3 is 6.03 Å². The summed E-state index contributed by atoms with van der Waals surface area (Å²) in [5, 5.41) is 3.73. The van der Waals surface area contributed by atoms with Crippen molar-refractivity contribution in [3.05, 3.63) is 23.0 Å². The molecule has 0 aromatic carbocycles. The van der Waals surface area contributed by atoms with Crippen molar-refractivity contribution in [3.63, 3.8) is 0 Å². The molecule has 23 heavy (non-hydrogen) atoms. The number of rotatable bonds is 4. The van der Waals surface area contributed by atoms with Crippen LogP contribution in [0.3, 0.4) is 0 Å². The molecule has 6 heteroatoms. The van der Waals surface area contributed by atoms with Gasteiger partial charge in [0.25, 0.3) is 0 Å². The Hall–Kier alpha value is -1.20. The van der Waals surface area contributed by atoms with Gasteiger partial charge in [0.15, 0.2) is 0 Å². The van der Waals surface area contributed by atoms with E-state index >= 15 is 0 Å². The first-order chi connectivity index (χ1) is 10.7. The molecular formula is C17H28ClN3O2. The number of ether oxygens (including phenoxy) is 1. The predicted octanol–water partition coefficient (Wildman–Crippen LogP) is 3.27. The molecule has 0 bridgehead atoms. The Morgan fingerprint density at radius 2 is 2.22 bits per heavy atom. The molecule has 1 aromatic heterocycles. The van der Waals surface area contributed by atoms with Crippen LogP contribution in [0.1, 0.15) is 32.9 Å². The molecule has 0 radical (unpaired) electrons. The first-order valence-corrected chi connectivity index (χ1v) is 8.47. The minimum Gasteiger partial charge on any atom is -0.377 e. The first kappa shape index (κ1) is 18.1. The lowest BCUT2D eigenvalue weighted by Gasteiger charge is -2.31. The lowest BCUT2D eigenvalue weighted by atomic mass is 9.81. The Morgan fingerprint density at radius 3 is 2.78 bits per heavy atom. The Kier molecular flexibility index (Phi) is 5.63. The molecular weight excluding hydrogens is 314 g/mol. The summed E-state index contributed by atoms with van der Waals surface area (Å²) >= 11 is 5.98. The van der Waals surface area contributed by atoms with Crippen LogP contribution >= 0.6 is 11.6 Å². The lowest BCUT2D eigenvalue weighted by Crippen LogP contribution is -2.43. The third kappa shape index (κ3) is 4.64. The van der Waals surface area contributed by atoms with Crippen molar-refractivity contribution in [2.75, 3.05) is 20.2 Å². The highest BCUT2D eigenvalue weighted by molar-refractivity contribution is 6.30. The topological polar surface area (TPSA) is 46.5 Å². The number of aromatic nitrogens is 1. The first-order valence-electron chi connectivity index (χ1n) is 8.10. The van der Waals surface area contributed by atoms with E-state index < -0.39 is 0 Å². The van der Waals surface area contributed by atoms with Crippen molar-refractivity contribution in [2.45, 2.75) is 39.8 Å². The molecule has 1 fully saturated rings. The van der Waals surface area contributed by atoms with E-state index in [4.69, 9.17) is 16.3 Å². The third-order valence-electron chi connectivity index (χ3n) is 4.40. The normalized spacial score (nSPS) is 21.5. The number of carbonyl (C=O) groups is 1.